The number of aromatic nitrogens is 1. The van der Waals surface area contributed by atoms with Gasteiger partial charge in [-0.15, -0.1) is 0 Å². The Morgan fingerprint density at radius 1 is 0.933 bits per heavy atom. The maximum atomic E-state index is 4.58. The van der Waals surface area contributed by atoms with Crippen molar-refractivity contribution in [2.45, 2.75) is 6.42 Å². The molecular weight excluding hydrogens is 184 g/mol. The zero-order chi connectivity index (χ0) is 10.1. The molecule has 15 heavy (non-hydrogen) atoms. The van der Waals surface area contributed by atoms with Crippen molar-refractivity contribution in [1.82, 2.24) is 4.98 Å². The minimum atomic E-state index is 0.847. The third-order valence-electron chi connectivity index (χ3n) is 2.56. The van der Waals surface area contributed by atoms with E-state index in [1.54, 1.807) is 0 Å². The maximum Gasteiger partial charge on any atom is 0.0852 e. The molecule has 0 radical (unpaired) electrons. The van der Waals surface area contributed by atoms with Gasteiger partial charge >= 0.3 is 0 Å². The van der Waals surface area contributed by atoms with Crippen LogP contribution in [-0.2, 0) is 6.42 Å². The van der Waals surface area contributed by atoms with Crippen LogP contribution in [0.25, 0.3) is 0 Å². The van der Waals surface area contributed by atoms with E-state index in [0.29, 0.717) is 0 Å². The van der Waals surface area contributed by atoms with Crippen molar-refractivity contribution in [2.75, 3.05) is 0 Å². The van der Waals surface area contributed by atoms with Gasteiger partial charge in [-0.2, -0.15) is 0 Å². The van der Waals surface area contributed by atoms with Crippen molar-refractivity contribution in [2.24, 2.45) is 4.99 Å². The first-order valence-corrected chi connectivity index (χ1v) is 5.00. The van der Waals surface area contributed by atoms with Crippen molar-refractivity contribution < 1.29 is 0 Å². The number of benzene rings is 1. The summed E-state index contributed by atoms with van der Waals surface area (Å²) in [5, 5.41) is 0. The van der Waals surface area contributed by atoms with E-state index >= 15 is 0 Å². The molecule has 2 aromatic rings. The van der Waals surface area contributed by atoms with Gasteiger partial charge in [-0.1, -0.05) is 30.3 Å². The van der Waals surface area contributed by atoms with Gasteiger partial charge < -0.3 is 0 Å². The second-order valence-corrected chi connectivity index (χ2v) is 3.57. The highest BCUT2D eigenvalue weighted by Crippen LogP contribution is 2.26. The van der Waals surface area contributed by atoms with E-state index in [4.69, 9.17) is 0 Å². The van der Waals surface area contributed by atoms with Gasteiger partial charge in [0, 0.05) is 12.6 Å². The summed E-state index contributed by atoms with van der Waals surface area (Å²) in [5.41, 5.74) is 4.40. The smallest absolute Gasteiger partial charge is 0.0852 e. The van der Waals surface area contributed by atoms with Crippen molar-refractivity contribution in [1.29, 1.82) is 0 Å². The molecule has 2 nitrogen and oxygen atoms in total. The van der Waals surface area contributed by atoms with Crippen LogP contribution in [0.1, 0.15) is 11.3 Å². The molecule has 1 aliphatic heterocycles. The van der Waals surface area contributed by atoms with E-state index in [0.717, 1.165) is 23.5 Å². The molecule has 1 aliphatic rings. The summed E-state index contributed by atoms with van der Waals surface area (Å²) in [7, 11) is 0. The Kier molecular flexibility index (Phi) is 1.85. The number of hydrogen-bond acceptors (Lipinski definition) is 2. The Hall–Kier alpha value is -1.96. The van der Waals surface area contributed by atoms with Crippen LogP contribution in [0.15, 0.2) is 53.7 Å². The Bertz CT molecular complexity index is 515. The lowest BCUT2D eigenvalue weighted by molar-refractivity contribution is 1.17. The number of aliphatic imine (C=N–C) groups is 1. The van der Waals surface area contributed by atoms with Crippen LogP contribution < -0.4 is 0 Å². The topological polar surface area (TPSA) is 25.2 Å². The van der Waals surface area contributed by atoms with E-state index in [-0.39, 0.29) is 0 Å². The van der Waals surface area contributed by atoms with Crippen molar-refractivity contribution in [3.63, 3.8) is 0 Å². The van der Waals surface area contributed by atoms with E-state index in [2.05, 4.69) is 22.1 Å². The van der Waals surface area contributed by atoms with E-state index in [1.165, 1.54) is 5.56 Å². The maximum absolute atomic E-state index is 4.58. The highest BCUT2D eigenvalue weighted by Gasteiger charge is 2.15. The Morgan fingerprint density at radius 2 is 1.80 bits per heavy atom. The van der Waals surface area contributed by atoms with Gasteiger partial charge in [0.2, 0.25) is 0 Å². The SMILES string of the molecule is c1ccc(C2=Nc3cccnc3C2)cc1. The largest absolute Gasteiger partial charge is 0.259 e. The van der Waals surface area contributed by atoms with Gasteiger partial charge in [0.1, 0.15) is 0 Å². The molecule has 0 bridgehead atoms. The van der Waals surface area contributed by atoms with Crippen LogP contribution in [-0.4, -0.2) is 10.7 Å². The fraction of sp³-hybridized carbons (Fsp3) is 0.0769. The molecular formula is C13H10N2. The molecule has 0 atom stereocenters. The lowest BCUT2D eigenvalue weighted by Crippen LogP contribution is -2.00. The quantitative estimate of drug-likeness (QED) is 0.685. The van der Waals surface area contributed by atoms with Crippen LogP contribution >= 0.6 is 0 Å². The molecule has 2 heterocycles. The van der Waals surface area contributed by atoms with Gasteiger partial charge in [0.25, 0.3) is 0 Å². The van der Waals surface area contributed by atoms with E-state index in [1.807, 2.05) is 36.5 Å². The molecule has 72 valence electrons. The van der Waals surface area contributed by atoms with E-state index < -0.39 is 0 Å². The monoisotopic (exact) mass is 194 g/mol. The minimum absolute atomic E-state index is 0.847. The predicted octanol–water partition coefficient (Wildman–Crippen LogP) is 2.76. The number of nitrogens with zero attached hydrogens (tertiary/aromatic N) is 2. The average Bonchev–Trinajstić information content (AvgIpc) is 2.74. The molecule has 0 saturated carbocycles. The third-order valence-corrected chi connectivity index (χ3v) is 2.56. The molecule has 0 spiro atoms. The van der Waals surface area contributed by atoms with Gasteiger partial charge in [0.15, 0.2) is 0 Å². The molecule has 0 unspecified atom stereocenters. The van der Waals surface area contributed by atoms with Crippen LogP contribution in [0, 0.1) is 0 Å². The first-order valence-electron chi connectivity index (χ1n) is 5.00. The molecule has 0 fully saturated rings. The van der Waals surface area contributed by atoms with Crippen LogP contribution in [0.2, 0.25) is 0 Å². The number of rotatable bonds is 1. The predicted molar refractivity (Wildman–Crippen MR) is 60.6 cm³/mol. The van der Waals surface area contributed by atoms with Crippen LogP contribution in [0.3, 0.4) is 0 Å². The lowest BCUT2D eigenvalue weighted by atomic mass is 10.1. The molecule has 0 amide bonds. The zero-order valence-corrected chi connectivity index (χ0v) is 8.22. The molecule has 0 aliphatic carbocycles. The summed E-state index contributed by atoms with van der Waals surface area (Å²) in [6.45, 7) is 0. The molecule has 1 aromatic heterocycles. The molecule has 0 N–H and O–H groups in total. The number of hydrogen-bond donors (Lipinski definition) is 0. The second kappa shape index (κ2) is 3.31. The molecule has 3 rings (SSSR count). The summed E-state index contributed by atoms with van der Waals surface area (Å²) < 4.78 is 0. The van der Waals surface area contributed by atoms with Gasteiger partial charge in [-0.25, -0.2) is 0 Å². The molecule has 0 saturated heterocycles. The second-order valence-electron chi connectivity index (χ2n) is 3.57. The third kappa shape index (κ3) is 1.44. The highest BCUT2D eigenvalue weighted by atomic mass is 14.9. The molecule has 2 heteroatoms. The van der Waals surface area contributed by atoms with Crippen LogP contribution in [0.4, 0.5) is 5.69 Å². The van der Waals surface area contributed by atoms with Gasteiger partial charge in [-0.05, 0) is 17.7 Å². The van der Waals surface area contributed by atoms with Gasteiger partial charge in [-0.3, -0.25) is 9.98 Å². The first kappa shape index (κ1) is 8.36. The highest BCUT2D eigenvalue weighted by molar-refractivity contribution is 6.06. The number of pyridine rings is 1. The standard InChI is InChI=1S/C13H10N2/c1-2-5-10(6-3-1)12-9-13-11(15-12)7-4-8-14-13/h1-8H,9H2. The van der Waals surface area contributed by atoms with E-state index in [9.17, 15) is 0 Å². The zero-order valence-electron chi connectivity index (χ0n) is 8.22. The summed E-state index contributed by atoms with van der Waals surface area (Å²) in [6.07, 6.45) is 2.67. The Balaban J connectivity index is 2.02. The van der Waals surface area contributed by atoms with Crippen molar-refractivity contribution in [3.8, 4) is 0 Å². The number of fused-ring (bicyclic) bond motifs is 1. The fourth-order valence-corrected chi connectivity index (χ4v) is 1.81. The lowest BCUT2D eigenvalue weighted by Gasteiger charge is -1.97. The minimum Gasteiger partial charge on any atom is -0.259 e. The van der Waals surface area contributed by atoms with Crippen molar-refractivity contribution in [3.05, 3.63) is 59.9 Å². The average molecular weight is 194 g/mol. The normalized spacial score (nSPS) is 13.5. The first-order chi connectivity index (χ1) is 7.43. The molecule has 1 aromatic carbocycles. The fourth-order valence-electron chi connectivity index (χ4n) is 1.81. The Morgan fingerprint density at radius 3 is 2.60 bits per heavy atom. The summed E-state index contributed by atoms with van der Waals surface area (Å²) in [4.78, 5) is 8.90. The van der Waals surface area contributed by atoms with Crippen LogP contribution in [0.5, 0.6) is 0 Å². The summed E-state index contributed by atoms with van der Waals surface area (Å²) >= 11 is 0. The Labute approximate surface area is 88.3 Å². The van der Waals surface area contributed by atoms with Crippen molar-refractivity contribution >= 4 is 11.4 Å². The summed E-state index contributed by atoms with van der Waals surface area (Å²) in [5.74, 6) is 0. The summed E-state index contributed by atoms with van der Waals surface area (Å²) in [6, 6.07) is 14.2. The van der Waals surface area contributed by atoms with Gasteiger partial charge in [0.05, 0.1) is 17.1 Å².